The molecular weight excluding hydrogens is 312 g/mol. The predicted octanol–water partition coefficient (Wildman–Crippen LogP) is 2.64. The number of H-pyrrole nitrogens is 1. The summed E-state index contributed by atoms with van der Waals surface area (Å²) in [5.41, 5.74) is 4.51. The zero-order valence-electron chi connectivity index (χ0n) is 15.2. The molecule has 1 aliphatic carbocycles. The first kappa shape index (κ1) is 17.7. The number of carbonyl (C=O) groups is 1. The maximum Gasteiger partial charge on any atom is 0.223 e. The zero-order valence-corrected chi connectivity index (χ0v) is 15.2. The van der Waals surface area contributed by atoms with E-state index in [9.17, 15) is 4.79 Å². The Kier molecular flexibility index (Phi) is 5.87. The van der Waals surface area contributed by atoms with Crippen LogP contribution < -0.4 is 5.32 Å². The molecule has 1 aliphatic rings. The first-order valence-corrected chi connectivity index (χ1v) is 9.34. The molecule has 1 atom stereocenters. The molecule has 2 aromatic rings. The summed E-state index contributed by atoms with van der Waals surface area (Å²) in [6.07, 6.45) is 2.55. The van der Waals surface area contributed by atoms with Gasteiger partial charge in [-0.2, -0.15) is 5.10 Å². The predicted molar refractivity (Wildman–Crippen MR) is 100 cm³/mol. The van der Waals surface area contributed by atoms with Crippen molar-refractivity contribution < 1.29 is 4.79 Å². The summed E-state index contributed by atoms with van der Waals surface area (Å²) < 4.78 is 0. The monoisotopic (exact) mass is 340 g/mol. The first-order chi connectivity index (χ1) is 12.2. The van der Waals surface area contributed by atoms with E-state index in [1.165, 1.54) is 11.3 Å². The Morgan fingerprint density at radius 1 is 1.28 bits per heavy atom. The first-order valence-electron chi connectivity index (χ1n) is 9.34. The number of likely N-dealkylation sites (N-methyl/N-ethyl adjacent to an activating group) is 1. The van der Waals surface area contributed by atoms with Gasteiger partial charge in [0, 0.05) is 35.8 Å². The van der Waals surface area contributed by atoms with Gasteiger partial charge in [-0.1, -0.05) is 44.2 Å². The molecule has 5 heteroatoms. The van der Waals surface area contributed by atoms with E-state index in [0.717, 1.165) is 56.7 Å². The molecule has 1 amide bonds. The maximum absolute atomic E-state index is 12.6. The number of aromatic nitrogens is 2. The van der Waals surface area contributed by atoms with Gasteiger partial charge in [0.25, 0.3) is 0 Å². The van der Waals surface area contributed by atoms with E-state index in [1.807, 2.05) is 18.2 Å². The number of rotatable bonds is 7. The molecular formula is C20H28N4O. The third-order valence-electron chi connectivity index (χ3n) is 5.19. The SMILES string of the molecule is CCN(CC)CCNC(=O)[C@@H]1CCc2[nH]nc(-c3ccccc3)c2C1. The molecule has 0 spiro atoms. The van der Waals surface area contributed by atoms with Gasteiger partial charge in [0.1, 0.15) is 0 Å². The number of amides is 1. The molecule has 134 valence electrons. The van der Waals surface area contributed by atoms with E-state index in [1.54, 1.807) is 0 Å². The van der Waals surface area contributed by atoms with Crippen LogP contribution in [-0.2, 0) is 17.6 Å². The number of benzene rings is 1. The Labute approximate surface area is 149 Å². The van der Waals surface area contributed by atoms with Crippen molar-refractivity contribution in [3.8, 4) is 11.3 Å². The van der Waals surface area contributed by atoms with E-state index in [4.69, 9.17) is 0 Å². The number of nitrogens with zero attached hydrogens (tertiary/aromatic N) is 2. The van der Waals surface area contributed by atoms with E-state index in [2.05, 4.69) is 46.4 Å². The number of fused-ring (bicyclic) bond motifs is 1. The van der Waals surface area contributed by atoms with E-state index in [0.29, 0.717) is 0 Å². The lowest BCUT2D eigenvalue weighted by Crippen LogP contribution is -2.39. The minimum Gasteiger partial charge on any atom is -0.355 e. The summed E-state index contributed by atoms with van der Waals surface area (Å²) in [4.78, 5) is 14.9. The Balaban J connectivity index is 1.63. The number of hydrogen-bond acceptors (Lipinski definition) is 3. The Morgan fingerprint density at radius 3 is 2.76 bits per heavy atom. The smallest absolute Gasteiger partial charge is 0.223 e. The lowest BCUT2D eigenvalue weighted by Gasteiger charge is -2.23. The number of nitrogens with one attached hydrogen (secondary N) is 2. The number of hydrogen-bond donors (Lipinski definition) is 2. The van der Waals surface area contributed by atoms with Crippen molar-refractivity contribution in [1.29, 1.82) is 0 Å². The molecule has 2 N–H and O–H groups in total. The summed E-state index contributed by atoms with van der Waals surface area (Å²) in [5, 5.41) is 10.8. The summed E-state index contributed by atoms with van der Waals surface area (Å²) in [6.45, 7) is 7.98. The molecule has 0 unspecified atom stereocenters. The summed E-state index contributed by atoms with van der Waals surface area (Å²) >= 11 is 0. The van der Waals surface area contributed by atoms with Crippen molar-refractivity contribution in [3.63, 3.8) is 0 Å². The van der Waals surface area contributed by atoms with Crippen LogP contribution >= 0.6 is 0 Å². The van der Waals surface area contributed by atoms with Crippen molar-refractivity contribution in [2.75, 3.05) is 26.2 Å². The molecule has 0 fully saturated rings. The second-order valence-electron chi connectivity index (χ2n) is 6.65. The topological polar surface area (TPSA) is 61.0 Å². The van der Waals surface area contributed by atoms with Gasteiger partial charge in [0.2, 0.25) is 5.91 Å². The minimum atomic E-state index is 0.0456. The molecule has 0 saturated carbocycles. The molecule has 1 aromatic heterocycles. The average molecular weight is 340 g/mol. The molecule has 0 radical (unpaired) electrons. The second kappa shape index (κ2) is 8.30. The molecule has 25 heavy (non-hydrogen) atoms. The van der Waals surface area contributed by atoms with Crippen LogP contribution in [0.5, 0.6) is 0 Å². The van der Waals surface area contributed by atoms with Gasteiger partial charge in [-0.25, -0.2) is 0 Å². The van der Waals surface area contributed by atoms with Crippen LogP contribution in [0.4, 0.5) is 0 Å². The second-order valence-corrected chi connectivity index (χ2v) is 6.65. The van der Waals surface area contributed by atoms with Crippen molar-refractivity contribution in [3.05, 3.63) is 41.6 Å². The highest BCUT2D eigenvalue weighted by Crippen LogP contribution is 2.31. The van der Waals surface area contributed by atoms with Crippen molar-refractivity contribution in [1.82, 2.24) is 20.4 Å². The Morgan fingerprint density at radius 2 is 2.04 bits per heavy atom. The fourth-order valence-electron chi connectivity index (χ4n) is 3.57. The highest BCUT2D eigenvalue weighted by Gasteiger charge is 2.28. The maximum atomic E-state index is 12.6. The van der Waals surface area contributed by atoms with Crippen LogP contribution in [0.2, 0.25) is 0 Å². The van der Waals surface area contributed by atoms with Gasteiger partial charge in [0.05, 0.1) is 5.69 Å². The van der Waals surface area contributed by atoms with E-state index in [-0.39, 0.29) is 11.8 Å². The summed E-state index contributed by atoms with van der Waals surface area (Å²) in [7, 11) is 0. The van der Waals surface area contributed by atoms with Gasteiger partial charge >= 0.3 is 0 Å². The van der Waals surface area contributed by atoms with Crippen LogP contribution in [0.15, 0.2) is 30.3 Å². The van der Waals surface area contributed by atoms with Gasteiger partial charge in [-0.05, 0) is 32.4 Å². The van der Waals surface area contributed by atoms with Crippen molar-refractivity contribution in [2.24, 2.45) is 5.92 Å². The lowest BCUT2D eigenvalue weighted by molar-refractivity contribution is -0.125. The zero-order chi connectivity index (χ0) is 17.6. The molecule has 3 rings (SSSR count). The van der Waals surface area contributed by atoms with Gasteiger partial charge < -0.3 is 10.2 Å². The number of carbonyl (C=O) groups excluding carboxylic acids is 1. The van der Waals surface area contributed by atoms with Gasteiger partial charge in [-0.15, -0.1) is 0 Å². The third kappa shape index (κ3) is 4.10. The standard InChI is InChI=1S/C20H28N4O/c1-3-24(4-2)13-12-21-20(25)16-10-11-18-17(14-16)19(23-22-18)15-8-6-5-7-9-15/h5-9,16H,3-4,10-14H2,1-2H3,(H,21,25)(H,22,23)/t16-/m1/s1. The molecule has 5 nitrogen and oxygen atoms in total. The van der Waals surface area contributed by atoms with Crippen LogP contribution in [0.1, 0.15) is 31.5 Å². The fourth-order valence-corrected chi connectivity index (χ4v) is 3.57. The quantitative estimate of drug-likeness (QED) is 0.814. The normalized spacial score (nSPS) is 16.7. The molecule has 1 heterocycles. The van der Waals surface area contributed by atoms with E-state index < -0.39 is 0 Å². The highest BCUT2D eigenvalue weighted by atomic mass is 16.1. The van der Waals surface area contributed by atoms with Crippen molar-refractivity contribution >= 4 is 5.91 Å². The van der Waals surface area contributed by atoms with Gasteiger partial charge in [0.15, 0.2) is 0 Å². The summed E-state index contributed by atoms with van der Waals surface area (Å²) in [5.74, 6) is 0.224. The highest BCUT2D eigenvalue weighted by molar-refractivity contribution is 5.80. The molecule has 0 bridgehead atoms. The van der Waals surface area contributed by atoms with Crippen LogP contribution in [0, 0.1) is 5.92 Å². The van der Waals surface area contributed by atoms with E-state index >= 15 is 0 Å². The third-order valence-corrected chi connectivity index (χ3v) is 5.19. The minimum absolute atomic E-state index is 0.0456. The van der Waals surface area contributed by atoms with Crippen molar-refractivity contribution in [2.45, 2.75) is 33.1 Å². The molecule has 0 saturated heterocycles. The Hall–Kier alpha value is -2.14. The molecule has 0 aliphatic heterocycles. The number of aryl methyl sites for hydroxylation is 1. The van der Waals surface area contributed by atoms with Gasteiger partial charge in [-0.3, -0.25) is 9.89 Å². The molecule has 1 aromatic carbocycles. The summed E-state index contributed by atoms with van der Waals surface area (Å²) in [6, 6.07) is 10.2. The van der Waals surface area contributed by atoms with Crippen LogP contribution in [0.3, 0.4) is 0 Å². The average Bonchev–Trinajstić information content (AvgIpc) is 3.09. The largest absolute Gasteiger partial charge is 0.355 e. The number of aromatic amines is 1. The Bertz CT molecular complexity index is 691. The lowest BCUT2D eigenvalue weighted by atomic mass is 9.85. The van der Waals surface area contributed by atoms with Crippen LogP contribution in [0.25, 0.3) is 11.3 Å². The van der Waals surface area contributed by atoms with Crippen LogP contribution in [-0.4, -0.2) is 47.2 Å². The fraction of sp³-hybridized carbons (Fsp3) is 0.500.